The van der Waals surface area contributed by atoms with Gasteiger partial charge in [0, 0.05) is 10.6 Å². The zero-order valence-corrected chi connectivity index (χ0v) is 13.5. The highest BCUT2D eigenvalue weighted by molar-refractivity contribution is 7.80. The molecule has 0 heterocycles. The molecule has 0 fully saturated rings. The van der Waals surface area contributed by atoms with E-state index in [1.807, 2.05) is 48.5 Å². The lowest BCUT2D eigenvalue weighted by Crippen LogP contribution is -1.83. The zero-order chi connectivity index (χ0) is 15.0. The fraction of sp³-hybridized carbons (Fsp3) is 0.125. The van der Waals surface area contributed by atoms with Gasteiger partial charge in [-0.1, -0.05) is 24.3 Å². The van der Waals surface area contributed by atoms with Gasteiger partial charge in [-0.25, -0.2) is 0 Å². The lowest BCUT2D eigenvalue weighted by molar-refractivity contribution is 0.413. The van der Waals surface area contributed by atoms with Crippen LogP contribution < -0.4 is 5.73 Å². The van der Waals surface area contributed by atoms with E-state index in [2.05, 4.69) is 21.9 Å². The van der Waals surface area contributed by atoms with Gasteiger partial charge in [-0.3, -0.25) is 0 Å². The van der Waals surface area contributed by atoms with Crippen LogP contribution in [-0.2, 0) is 0 Å². The average molecular weight is 305 g/mol. The Bertz CT molecular complexity index is 502. The predicted octanol–water partition coefficient (Wildman–Crippen LogP) is 4.55. The largest absolute Gasteiger partial charge is 0.513 e. The summed E-state index contributed by atoms with van der Waals surface area (Å²) in [4.78, 5) is 0.976. The number of nitrogens with two attached hydrogens (primary N) is 1. The molecule has 2 aromatic carbocycles. The van der Waals surface area contributed by atoms with Crippen LogP contribution in [0.15, 0.2) is 65.3 Å². The highest BCUT2D eigenvalue weighted by Gasteiger charge is 1.95. The molecule has 0 aromatic heterocycles. The molecule has 1 atom stereocenters. The van der Waals surface area contributed by atoms with Gasteiger partial charge in [0.05, 0.1) is 5.76 Å². The number of nitrogen functional groups attached to an aromatic ring is 1. The van der Waals surface area contributed by atoms with Crippen LogP contribution in [-0.4, -0.2) is 11.3 Å². The molecule has 3 N–H and O–H groups in total. The van der Waals surface area contributed by atoms with Crippen LogP contribution in [0, 0.1) is 0 Å². The molecule has 4 heteroatoms. The summed E-state index contributed by atoms with van der Waals surface area (Å²) >= 11 is 4.24. The minimum atomic E-state index is 0.394. The molecule has 106 valence electrons. The molecule has 2 rings (SSSR count). The van der Waals surface area contributed by atoms with Gasteiger partial charge in [0.15, 0.2) is 0 Å². The predicted molar refractivity (Wildman–Crippen MR) is 94.5 cm³/mol. The molecule has 0 spiro atoms. The van der Waals surface area contributed by atoms with Crippen molar-refractivity contribution in [1.29, 1.82) is 0 Å². The number of aliphatic hydroxyl groups is 1. The van der Waals surface area contributed by atoms with Crippen LogP contribution in [0.5, 0.6) is 0 Å². The van der Waals surface area contributed by atoms with Crippen molar-refractivity contribution in [3.63, 3.8) is 0 Å². The van der Waals surface area contributed by atoms with Crippen molar-refractivity contribution in [2.45, 2.75) is 11.8 Å². The highest BCUT2D eigenvalue weighted by Crippen LogP contribution is 2.21. The second kappa shape index (κ2) is 8.68. The van der Waals surface area contributed by atoms with Gasteiger partial charge in [0.25, 0.3) is 0 Å². The van der Waals surface area contributed by atoms with Crippen LogP contribution in [0.2, 0.25) is 0 Å². The second-order valence-corrected chi connectivity index (χ2v) is 5.24. The maximum atomic E-state index is 8.40. The quantitative estimate of drug-likeness (QED) is 0.330. The summed E-state index contributed by atoms with van der Waals surface area (Å²) in [6, 6.07) is 15.9. The molecule has 0 aliphatic rings. The van der Waals surface area contributed by atoms with Crippen molar-refractivity contribution in [2.75, 3.05) is 11.9 Å². The normalized spacial score (nSPS) is 10.7. The summed E-state index contributed by atoms with van der Waals surface area (Å²) in [5.74, 6) is 0.394. The SMILES string of the molecule is C/C(O)=C/CP.Nc1ccc(-c2ccc(S)cc2)cc1. The molecule has 0 aliphatic carbocycles. The first-order valence-corrected chi connectivity index (χ1v) is 7.50. The Morgan fingerprint density at radius 3 is 1.90 bits per heavy atom. The van der Waals surface area contributed by atoms with Crippen LogP contribution in [0.3, 0.4) is 0 Å². The summed E-state index contributed by atoms with van der Waals surface area (Å²) in [5, 5.41) is 8.40. The molecular weight excluding hydrogens is 285 g/mol. The molecule has 2 nitrogen and oxygen atoms in total. The van der Waals surface area contributed by atoms with Gasteiger partial charge in [-0.2, -0.15) is 0 Å². The van der Waals surface area contributed by atoms with Gasteiger partial charge in [-0.05, 0) is 54.6 Å². The van der Waals surface area contributed by atoms with Crippen LogP contribution in [0.4, 0.5) is 5.69 Å². The number of thiol groups is 1. The number of allylic oxidation sites excluding steroid dienone is 2. The number of rotatable bonds is 2. The third-order valence-corrected chi connectivity index (χ3v) is 3.06. The first kappa shape index (κ1) is 16.6. The summed E-state index contributed by atoms with van der Waals surface area (Å²) < 4.78 is 0. The molecular formula is C16H20NOPS. The number of hydrogen-bond donors (Lipinski definition) is 3. The fourth-order valence-corrected chi connectivity index (χ4v) is 1.99. The van der Waals surface area contributed by atoms with Gasteiger partial charge < -0.3 is 10.8 Å². The summed E-state index contributed by atoms with van der Waals surface area (Å²) in [7, 11) is 2.49. The van der Waals surface area contributed by atoms with E-state index in [0.29, 0.717) is 5.76 Å². The number of hydrogen-bond acceptors (Lipinski definition) is 3. The third-order valence-electron chi connectivity index (χ3n) is 2.52. The first-order valence-electron chi connectivity index (χ1n) is 6.23. The Kier molecular flexibility index (Phi) is 7.21. The van der Waals surface area contributed by atoms with E-state index in [9.17, 15) is 0 Å². The lowest BCUT2D eigenvalue weighted by atomic mass is 10.1. The van der Waals surface area contributed by atoms with E-state index in [-0.39, 0.29) is 0 Å². The third kappa shape index (κ3) is 6.14. The summed E-state index contributed by atoms with van der Waals surface area (Å²) in [6.45, 7) is 1.66. The summed E-state index contributed by atoms with van der Waals surface area (Å²) in [5.41, 5.74) is 8.76. The van der Waals surface area contributed by atoms with Crippen molar-refractivity contribution < 1.29 is 5.11 Å². The van der Waals surface area contributed by atoms with Crippen molar-refractivity contribution in [3.8, 4) is 11.1 Å². The Morgan fingerprint density at radius 1 is 1.10 bits per heavy atom. The number of aliphatic hydroxyl groups excluding tert-OH is 1. The summed E-state index contributed by atoms with van der Waals surface area (Å²) in [6.07, 6.45) is 2.56. The highest BCUT2D eigenvalue weighted by atomic mass is 32.1. The molecule has 2 aromatic rings. The molecule has 0 saturated heterocycles. The molecule has 0 aliphatic heterocycles. The molecule has 0 bridgehead atoms. The van der Waals surface area contributed by atoms with Crippen molar-refractivity contribution in [3.05, 3.63) is 60.4 Å². The molecule has 0 amide bonds. The average Bonchev–Trinajstić information content (AvgIpc) is 2.41. The van der Waals surface area contributed by atoms with Crippen molar-refractivity contribution >= 4 is 27.6 Å². The zero-order valence-electron chi connectivity index (χ0n) is 11.5. The maximum Gasteiger partial charge on any atom is 0.0855 e. The fourth-order valence-electron chi connectivity index (χ4n) is 1.50. The van der Waals surface area contributed by atoms with E-state index < -0.39 is 0 Å². The van der Waals surface area contributed by atoms with Gasteiger partial charge in [0.1, 0.15) is 0 Å². The van der Waals surface area contributed by atoms with Crippen LogP contribution >= 0.6 is 21.9 Å². The number of anilines is 1. The number of benzene rings is 2. The van der Waals surface area contributed by atoms with E-state index in [1.165, 1.54) is 11.1 Å². The van der Waals surface area contributed by atoms with E-state index in [4.69, 9.17) is 10.8 Å². The second-order valence-electron chi connectivity index (χ2n) is 4.25. The van der Waals surface area contributed by atoms with Crippen molar-refractivity contribution in [2.24, 2.45) is 0 Å². The molecule has 0 radical (unpaired) electrons. The van der Waals surface area contributed by atoms with Gasteiger partial charge in [0.2, 0.25) is 0 Å². The maximum absolute atomic E-state index is 8.40. The Morgan fingerprint density at radius 2 is 1.55 bits per heavy atom. The van der Waals surface area contributed by atoms with E-state index in [0.717, 1.165) is 16.7 Å². The smallest absolute Gasteiger partial charge is 0.0855 e. The Labute approximate surface area is 128 Å². The van der Waals surface area contributed by atoms with Crippen LogP contribution in [0.25, 0.3) is 11.1 Å². The Balaban J connectivity index is 0.000000286. The monoisotopic (exact) mass is 305 g/mol. The van der Waals surface area contributed by atoms with Crippen molar-refractivity contribution in [1.82, 2.24) is 0 Å². The minimum absolute atomic E-state index is 0.394. The van der Waals surface area contributed by atoms with E-state index in [1.54, 1.807) is 13.0 Å². The lowest BCUT2D eigenvalue weighted by Gasteiger charge is -2.02. The molecule has 1 unspecified atom stereocenters. The Hall–Kier alpha value is -1.44. The molecule has 20 heavy (non-hydrogen) atoms. The standard InChI is InChI=1S/C12H11NS.C4H9OP/c13-11-5-1-9(2-6-11)10-3-7-12(14)8-4-10;1-4(5)2-3-6/h1-8,14H,13H2;2,5H,3,6H2,1H3/b;4-2-. The van der Waals surface area contributed by atoms with E-state index >= 15 is 0 Å². The molecule has 0 saturated carbocycles. The van der Waals surface area contributed by atoms with Gasteiger partial charge in [-0.15, -0.1) is 21.9 Å². The van der Waals surface area contributed by atoms with Crippen LogP contribution in [0.1, 0.15) is 6.92 Å². The topological polar surface area (TPSA) is 46.2 Å². The minimum Gasteiger partial charge on any atom is -0.513 e. The first-order chi connectivity index (χ1) is 9.52. The van der Waals surface area contributed by atoms with Gasteiger partial charge >= 0.3 is 0 Å².